The molecule has 0 aromatic rings. The Morgan fingerprint density at radius 1 is 0.548 bits per heavy atom. The Kier molecular flexibility index (Phi) is 44.4. The normalized spacial score (nSPS) is 14.2. The average molecular weight is 897 g/mol. The molecular weight excluding hydrogens is 792 g/mol. The van der Waals surface area contributed by atoms with Gasteiger partial charge in [0.05, 0.1) is 39.9 Å². The number of carbonyl (C=O) groups is 1. The lowest BCUT2D eigenvalue weighted by Crippen LogP contribution is -2.45. The molecule has 62 heavy (non-hydrogen) atoms. The topological polar surface area (TPSA) is 108 Å². The number of hydrogen-bond donors (Lipinski definition) is 2. The van der Waals surface area contributed by atoms with Gasteiger partial charge in [0, 0.05) is 6.42 Å². The molecule has 0 aliphatic carbocycles. The number of aliphatic hydroxyl groups is 1. The third kappa shape index (κ3) is 47.0. The van der Waals surface area contributed by atoms with E-state index in [1.807, 2.05) is 27.2 Å². The summed E-state index contributed by atoms with van der Waals surface area (Å²) in [6.07, 6.45) is 55.2. The number of phosphoric acid groups is 1. The van der Waals surface area contributed by atoms with Crippen LogP contribution in [0.3, 0.4) is 0 Å². The van der Waals surface area contributed by atoms with Crippen molar-refractivity contribution >= 4 is 13.7 Å². The highest BCUT2D eigenvalue weighted by Crippen LogP contribution is 2.38. The van der Waals surface area contributed by atoms with Crippen molar-refractivity contribution in [1.82, 2.24) is 5.32 Å². The third-order valence-corrected chi connectivity index (χ3v) is 13.1. The van der Waals surface area contributed by atoms with Crippen LogP contribution in [0.2, 0.25) is 0 Å². The lowest BCUT2D eigenvalue weighted by molar-refractivity contribution is -0.870. The number of aliphatic hydroxyl groups excluding tert-OH is 1. The number of hydrogen-bond acceptors (Lipinski definition) is 6. The summed E-state index contributed by atoms with van der Waals surface area (Å²) < 4.78 is 23.3. The van der Waals surface area contributed by atoms with Gasteiger partial charge in [0.25, 0.3) is 7.82 Å². The quantitative estimate of drug-likeness (QED) is 0.0273. The molecule has 3 unspecified atom stereocenters. The van der Waals surface area contributed by atoms with Gasteiger partial charge in [0.1, 0.15) is 13.2 Å². The van der Waals surface area contributed by atoms with Gasteiger partial charge in [-0.05, 0) is 44.9 Å². The van der Waals surface area contributed by atoms with Gasteiger partial charge in [-0.3, -0.25) is 9.36 Å². The molecule has 2 N–H and O–H groups in total. The van der Waals surface area contributed by atoms with Crippen molar-refractivity contribution in [3.05, 3.63) is 24.3 Å². The fourth-order valence-corrected chi connectivity index (χ4v) is 8.64. The van der Waals surface area contributed by atoms with E-state index in [1.165, 1.54) is 199 Å². The molecule has 0 aliphatic rings. The molecule has 0 radical (unpaired) electrons. The molecule has 0 rings (SSSR count). The van der Waals surface area contributed by atoms with E-state index in [9.17, 15) is 19.4 Å². The van der Waals surface area contributed by atoms with Gasteiger partial charge in [-0.15, -0.1) is 0 Å². The summed E-state index contributed by atoms with van der Waals surface area (Å²) in [7, 11) is 1.27. The Morgan fingerprint density at radius 3 is 1.26 bits per heavy atom. The summed E-state index contributed by atoms with van der Waals surface area (Å²) in [5.41, 5.74) is 0. The van der Waals surface area contributed by atoms with Crippen LogP contribution in [0, 0.1) is 0 Å². The second-order valence-electron chi connectivity index (χ2n) is 19.6. The molecule has 0 aromatic heterocycles. The first-order chi connectivity index (χ1) is 30.0. The van der Waals surface area contributed by atoms with Gasteiger partial charge in [-0.1, -0.05) is 231 Å². The first kappa shape index (κ1) is 61.0. The SMILES string of the molecule is CCCCCCCCCC/C=C\CCCCCCCCCCCCCC(=O)NC(COP(=O)([O-])OCC[N+](C)(C)C)C(O)/C=C/CCCCCCCCCCCCCCCCC. The zero-order valence-corrected chi connectivity index (χ0v) is 42.7. The zero-order valence-electron chi connectivity index (χ0n) is 41.8. The number of amides is 1. The van der Waals surface area contributed by atoms with Crippen LogP contribution in [0.4, 0.5) is 0 Å². The molecule has 0 saturated carbocycles. The fraction of sp³-hybridized carbons (Fsp3) is 0.906. The van der Waals surface area contributed by atoms with Gasteiger partial charge in [-0.2, -0.15) is 0 Å². The van der Waals surface area contributed by atoms with E-state index in [4.69, 9.17) is 9.05 Å². The second kappa shape index (κ2) is 45.1. The molecular formula is C53H105N2O6P. The van der Waals surface area contributed by atoms with Crippen LogP contribution in [0.15, 0.2) is 24.3 Å². The maximum absolute atomic E-state index is 12.9. The van der Waals surface area contributed by atoms with Gasteiger partial charge >= 0.3 is 0 Å². The van der Waals surface area contributed by atoms with Crippen molar-refractivity contribution in [3.8, 4) is 0 Å². The highest BCUT2D eigenvalue weighted by Gasteiger charge is 2.23. The Morgan fingerprint density at radius 2 is 0.887 bits per heavy atom. The molecule has 8 nitrogen and oxygen atoms in total. The van der Waals surface area contributed by atoms with E-state index in [2.05, 4.69) is 31.3 Å². The number of nitrogens with one attached hydrogen (secondary N) is 1. The Bertz CT molecular complexity index is 1060. The monoisotopic (exact) mass is 897 g/mol. The third-order valence-electron chi connectivity index (χ3n) is 12.2. The smallest absolute Gasteiger partial charge is 0.268 e. The number of rotatable bonds is 49. The summed E-state index contributed by atoms with van der Waals surface area (Å²) in [5, 5.41) is 13.9. The predicted octanol–water partition coefficient (Wildman–Crippen LogP) is 15.0. The van der Waals surface area contributed by atoms with Crippen molar-refractivity contribution in [2.75, 3.05) is 40.9 Å². The number of quaternary nitrogens is 1. The summed E-state index contributed by atoms with van der Waals surface area (Å²) in [4.78, 5) is 25.4. The fourth-order valence-electron chi connectivity index (χ4n) is 7.91. The molecule has 0 saturated heterocycles. The lowest BCUT2D eigenvalue weighted by atomic mass is 10.0. The largest absolute Gasteiger partial charge is 0.756 e. The van der Waals surface area contributed by atoms with Crippen LogP contribution in [-0.4, -0.2) is 68.5 Å². The summed E-state index contributed by atoms with van der Waals surface area (Å²) in [6.45, 7) is 4.68. The summed E-state index contributed by atoms with van der Waals surface area (Å²) in [5.74, 6) is -0.195. The van der Waals surface area contributed by atoms with Crippen LogP contribution >= 0.6 is 7.82 Å². The van der Waals surface area contributed by atoms with Crippen molar-refractivity contribution in [2.45, 2.75) is 270 Å². The molecule has 0 bridgehead atoms. The number of allylic oxidation sites excluding steroid dienone is 3. The number of unbranched alkanes of at least 4 members (excludes halogenated alkanes) is 34. The predicted molar refractivity (Wildman–Crippen MR) is 265 cm³/mol. The molecule has 0 fully saturated rings. The van der Waals surface area contributed by atoms with Crippen molar-refractivity contribution in [2.24, 2.45) is 0 Å². The van der Waals surface area contributed by atoms with Crippen LogP contribution in [0.5, 0.6) is 0 Å². The van der Waals surface area contributed by atoms with Crippen molar-refractivity contribution in [3.63, 3.8) is 0 Å². The van der Waals surface area contributed by atoms with Crippen LogP contribution in [0.1, 0.15) is 258 Å². The second-order valence-corrected chi connectivity index (χ2v) is 21.0. The van der Waals surface area contributed by atoms with Crippen LogP contribution < -0.4 is 10.2 Å². The molecule has 0 aromatic carbocycles. The van der Waals surface area contributed by atoms with E-state index in [0.29, 0.717) is 17.4 Å². The van der Waals surface area contributed by atoms with Gasteiger partial charge in [0.15, 0.2) is 0 Å². The Balaban J connectivity index is 4.24. The van der Waals surface area contributed by atoms with Crippen LogP contribution in [-0.2, 0) is 18.4 Å². The minimum absolute atomic E-state index is 0.000553. The first-order valence-electron chi connectivity index (χ1n) is 26.7. The molecule has 0 spiro atoms. The molecule has 368 valence electrons. The Hall–Kier alpha value is -1.02. The lowest BCUT2D eigenvalue weighted by Gasteiger charge is -2.29. The first-order valence-corrected chi connectivity index (χ1v) is 28.2. The maximum Gasteiger partial charge on any atom is 0.268 e. The molecule has 0 aliphatic heterocycles. The highest BCUT2D eigenvalue weighted by molar-refractivity contribution is 7.45. The average Bonchev–Trinajstić information content (AvgIpc) is 3.23. The number of nitrogens with zero attached hydrogens (tertiary/aromatic N) is 1. The van der Waals surface area contributed by atoms with E-state index in [1.54, 1.807) is 6.08 Å². The minimum Gasteiger partial charge on any atom is -0.756 e. The maximum atomic E-state index is 12.9. The molecule has 9 heteroatoms. The minimum atomic E-state index is -4.59. The molecule has 0 heterocycles. The van der Waals surface area contributed by atoms with Gasteiger partial charge < -0.3 is 28.8 Å². The molecule has 1 amide bonds. The van der Waals surface area contributed by atoms with Gasteiger partial charge in [0.2, 0.25) is 5.91 Å². The number of carbonyl (C=O) groups excluding carboxylic acids is 1. The van der Waals surface area contributed by atoms with E-state index >= 15 is 0 Å². The van der Waals surface area contributed by atoms with Crippen molar-refractivity contribution < 1.29 is 32.9 Å². The highest BCUT2D eigenvalue weighted by atomic mass is 31.2. The van der Waals surface area contributed by atoms with E-state index in [0.717, 1.165) is 38.5 Å². The van der Waals surface area contributed by atoms with E-state index in [-0.39, 0.29) is 19.1 Å². The van der Waals surface area contributed by atoms with E-state index < -0.39 is 20.0 Å². The summed E-state index contributed by atoms with van der Waals surface area (Å²) in [6, 6.07) is -0.884. The van der Waals surface area contributed by atoms with Crippen LogP contribution in [0.25, 0.3) is 0 Å². The Labute approximate surface area is 385 Å². The zero-order chi connectivity index (χ0) is 45.7. The number of phosphoric ester groups is 1. The van der Waals surface area contributed by atoms with Crippen molar-refractivity contribution in [1.29, 1.82) is 0 Å². The van der Waals surface area contributed by atoms with Gasteiger partial charge in [-0.25, -0.2) is 0 Å². The number of likely N-dealkylation sites (N-methyl/N-ethyl adjacent to an activating group) is 1. The summed E-state index contributed by atoms with van der Waals surface area (Å²) >= 11 is 0. The standard InChI is InChI=1S/C53H105N2O6P/c1-6-8-10-12-14-16-18-20-22-24-25-26-27-28-29-31-33-35-37-39-41-43-45-47-53(57)54-51(50-61-62(58,59)60-49-48-55(3,4)5)52(56)46-44-42-40-38-36-34-32-30-23-21-19-17-15-13-11-9-7-2/h24-25,44,46,51-52,56H,6-23,26-43,45,47-50H2,1-5H3,(H-,54,57,58,59)/b25-24-,46-44+. The molecule has 3 atom stereocenters.